The number of pyridine rings is 1. The molecule has 1 aromatic heterocycles. The minimum Gasteiger partial charge on any atom is -0.394 e. The van der Waals surface area contributed by atoms with Gasteiger partial charge in [-0.1, -0.05) is 6.07 Å². The van der Waals surface area contributed by atoms with Gasteiger partial charge in [0.05, 0.1) is 31.0 Å². The van der Waals surface area contributed by atoms with Crippen LogP contribution in [0.25, 0.3) is 0 Å². The van der Waals surface area contributed by atoms with Crippen molar-refractivity contribution in [2.24, 2.45) is 7.05 Å². The number of fused-ring (bicyclic) bond motifs is 1. The Labute approximate surface area is 155 Å². The summed E-state index contributed by atoms with van der Waals surface area (Å²) in [7, 11) is 1.53. The minimum atomic E-state index is -0.478. The Hall–Kier alpha value is -2.71. The van der Waals surface area contributed by atoms with Crippen LogP contribution >= 0.6 is 0 Å². The van der Waals surface area contributed by atoms with E-state index in [0.717, 1.165) is 5.56 Å². The molecule has 2 heterocycles. The Morgan fingerprint density at radius 3 is 2.70 bits per heavy atom. The average molecular weight is 375 g/mol. The van der Waals surface area contributed by atoms with Crippen molar-refractivity contribution in [2.75, 3.05) is 25.1 Å². The zero-order chi connectivity index (χ0) is 19.7. The summed E-state index contributed by atoms with van der Waals surface area (Å²) in [5.41, 5.74) is 2.07. The third-order valence-corrected chi connectivity index (χ3v) is 4.67. The predicted octanol–water partition coefficient (Wildman–Crippen LogP) is 1.81. The SMILES string of the molecule is Cc1ccc(Nc2c3c(c(C)c(=O)n2C)CCN(OCCO)C3=O)c(F)c1. The molecule has 0 fully saturated rings. The summed E-state index contributed by atoms with van der Waals surface area (Å²) in [5, 5.41) is 13.0. The molecule has 3 rings (SSSR count). The first-order valence-electron chi connectivity index (χ1n) is 8.66. The van der Waals surface area contributed by atoms with E-state index in [9.17, 15) is 14.0 Å². The standard InChI is InChI=1S/C19H22FN3O4/c1-11-4-5-15(14(20)10-11)21-17-16-13(12(2)18(25)22(17)3)6-7-23(19(16)26)27-9-8-24/h4-5,10,21,24H,6-9H2,1-3H3. The molecule has 0 atom stereocenters. The molecule has 0 bridgehead atoms. The number of aliphatic hydroxyl groups is 1. The van der Waals surface area contributed by atoms with Crippen LogP contribution in [-0.2, 0) is 18.3 Å². The van der Waals surface area contributed by atoms with E-state index in [1.54, 1.807) is 26.0 Å². The van der Waals surface area contributed by atoms with E-state index >= 15 is 0 Å². The molecule has 7 nitrogen and oxygen atoms in total. The first kappa shape index (κ1) is 19.1. The normalized spacial score (nSPS) is 13.7. The molecule has 0 saturated heterocycles. The number of carbonyl (C=O) groups excluding carboxylic acids is 1. The van der Waals surface area contributed by atoms with Gasteiger partial charge in [-0.3, -0.25) is 19.0 Å². The van der Waals surface area contributed by atoms with Gasteiger partial charge in [0.25, 0.3) is 11.5 Å². The molecule has 1 amide bonds. The molecule has 144 valence electrons. The number of nitrogens with one attached hydrogen (secondary N) is 1. The molecule has 1 aromatic carbocycles. The van der Waals surface area contributed by atoms with Crippen molar-refractivity contribution < 1.29 is 19.1 Å². The lowest BCUT2D eigenvalue weighted by molar-refractivity contribution is -0.132. The van der Waals surface area contributed by atoms with Crippen LogP contribution in [-0.4, -0.2) is 40.4 Å². The van der Waals surface area contributed by atoms with Gasteiger partial charge in [0.15, 0.2) is 0 Å². The highest BCUT2D eigenvalue weighted by molar-refractivity contribution is 6.01. The zero-order valence-corrected chi connectivity index (χ0v) is 15.5. The topological polar surface area (TPSA) is 83.8 Å². The van der Waals surface area contributed by atoms with E-state index in [1.807, 2.05) is 0 Å². The van der Waals surface area contributed by atoms with E-state index < -0.39 is 11.7 Å². The average Bonchev–Trinajstić information content (AvgIpc) is 2.64. The van der Waals surface area contributed by atoms with E-state index in [0.29, 0.717) is 17.5 Å². The third kappa shape index (κ3) is 3.45. The molecule has 1 aliphatic rings. The first-order chi connectivity index (χ1) is 12.8. The number of benzene rings is 1. The maximum atomic E-state index is 14.3. The van der Waals surface area contributed by atoms with Crippen molar-refractivity contribution in [1.82, 2.24) is 9.63 Å². The zero-order valence-electron chi connectivity index (χ0n) is 15.5. The fourth-order valence-electron chi connectivity index (χ4n) is 3.23. The van der Waals surface area contributed by atoms with Crippen molar-refractivity contribution in [3.05, 3.63) is 56.6 Å². The third-order valence-electron chi connectivity index (χ3n) is 4.67. The van der Waals surface area contributed by atoms with Crippen LogP contribution in [0.15, 0.2) is 23.0 Å². The molecule has 27 heavy (non-hydrogen) atoms. The lowest BCUT2D eigenvalue weighted by atomic mass is 9.96. The number of aryl methyl sites for hydroxylation is 1. The number of aliphatic hydroxyl groups excluding tert-OH is 1. The van der Waals surface area contributed by atoms with Gasteiger partial charge in [-0.15, -0.1) is 0 Å². The second-order valence-electron chi connectivity index (χ2n) is 6.51. The van der Waals surface area contributed by atoms with Crippen LogP contribution in [0.4, 0.5) is 15.9 Å². The largest absolute Gasteiger partial charge is 0.394 e. The van der Waals surface area contributed by atoms with E-state index in [2.05, 4.69) is 5.32 Å². The summed E-state index contributed by atoms with van der Waals surface area (Å²) in [6, 6.07) is 4.68. The number of aromatic nitrogens is 1. The molecular weight excluding hydrogens is 353 g/mol. The van der Waals surface area contributed by atoms with Gasteiger partial charge in [-0.25, -0.2) is 9.45 Å². The predicted molar refractivity (Wildman–Crippen MR) is 98.6 cm³/mol. The van der Waals surface area contributed by atoms with Crippen molar-refractivity contribution in [3.8, 4) is 0 Å². The highest BCUT2D eigenvalue weighted by Gasteiger charge is 2.32. The summed E-state index contributed by atoms with van der Waals surface area (Å²) in [4.78, 5) is 30.8. The van der Waals surface area contributed by atoms with Crippen molar-refractivity contribution >= 4 is 17.4 Å². The molecule has 0 aliphatic carbocycles. The lowest BCUT2D eigenvalue weighted by Gasteiger charge is -2.30. The van der Waals surface area contributed by atoms with Gasteiger partial charge < -0.3 is 10.4 Å². The van der Waals surface area contributed by atoms with Crippen LogP contribution in [0.2, 0.25) is 0 Å². The number of hydrogen-bond acceptors (Lipinski definition) is 5. The van der Waals surface area contributed by atoms with Crippen LogP contribution < -0.4 is 10.9 Å². The number of carbonyl (C=O) groups is 1. The summed E-state index contributed by atoms with van der Waals surface area (Å²) < 4.78 is 15.6. The minimum absolute atomic E-state index is 0.0127. The molecule has 8 heteroatoms. The fraction of sp³-hybridized carbons (Fsp3) is 0.368. The Morgan fingerprint density at radius 2 is 2.04 bits per heavy atom. The molecular formula is C19H22FN3O4. The molecule has 2 N–H and O–H groups in total. The van der Waals surface area contributed by atoms with Crippen LogP contribution in [0.3, 0.4) is 0 Å². The smallest absolute Gasteiger partial charge is 0.281 e. The van der Waals surface area contributed by atoms with Gasteiger partial charge in [0.2, 0.25) is 0 Å². The molecule has 0 radical (unpaired) electrons. The van der Waals surface area contributed by atoms with E-state index in [-0.39, 0.29) is 42.4 Å². The highest BCUT2D eigenvalue weighted by atomic mass is 19.1. The van der Waals surface area contributed by atoms with E-state index in [4.69, 9.17) is 9.94 Å². The van der Waals surface area contributed by atoms with Crippen molar-refractivity contribution in [1.29, 1.82) is 0 Å². The second-order valence-corrected chi connectivity index (χ2v) is 6.51. The Morgan fingerprint density at radius 1 is 1.30 bits per heavy atom. The highest BCUT2D eigenvalue weighted by Crippen LogP contribution is 2.30. The second kappa shape index (κ2) is 7.50. The first-order valence-corrected chi connectivity index (χ1v) is 8.66. The summed E-state index contributed by atoms with van der Waals surface area (Å²) >= 11 is 0. The quantitative estimate of drug-likeness (QED) is 0.833. The number of amides is 1. The lowest BCUT2D eigenvalue weighted by Crippen LogP contribution is -2.41. The van der Waals surface area contributed by atoms with Crippen molar-refractivity contribution in [3.63, 3.8) is 0 Å². The van der Waals surface area contributed by atoms with Gasteiger partial charge in [-0.05, 0) is 43.5 Å². The number of hydrogen-bond donors (Lipinski definition) is 2. The maximum Gasteiger partial charge on any atom is 0.281 e. The number of anilines is 2. The van der Waals surface area contributed by atoms with Crippen LogP contribution in [0.1, 0.15) is 27.0 Å². The van der Waals surface area contributed by atoms with Crippen molar-refractivity contribution in [2.45, 2.75) is 20.3 Å². The van der Waals surface area contributed by atoms with E-state index in [1.165, 1.54) is 22.7 Å². The Kier molecular flexibility index (Phi) is 5.29. The van der Waals surface area contributed by atoms with Gasteiger partial charge in [-0.2, -0.15) is 0 Å². The summed E-state index contributed by atoms with van der Waals surface area (Å²) in [6.07, 6.45) is 0.430. The Bertz CT molecular complexity index is 955. The van der Waals surface area contributed by atoms with Gasteiger partial charge in [0.1, 0.15) is 11.6 Å². The monoisotopic (exact) mass is 375 g/mol. The molecule has 0 saturated carbocycles. The molecule has 0 unspecified atom stereocenters. The van der Waals surface area contributed by atoms with Crippen LogP contribution in [0, 0.1) is 19.7 Å². The fourth-order valence-corrected chi connectivity index (χ4v) is 3.23. The maximum absolute atomic E-state index is 14.3. The molecule has 0 spiro atoms. The Balaban J connectivity index is 2.12. The molecule has 2 aromatic rings. The van der Waals surface area contributed by atoms with Crippen LogP contribution in [0.5, 0.6) is 0 Å². The number of hydroxylamine groups is 2. The van der Waals surface area contributed by atoms with Gasteiger partial charge >= 0.3 is 0 Å². The summed E-state index contributed by atoms with van der Waals surface area (Å²) in [6.45, 7) is 3.49. The number of halogens is 1. The van der Waals surface area contributed by atoms with Gasteiger partial charge in [0, 0.05) is 12.6 Å². The summed E-state index contributed by atoms with van der Waals surface area (Å²) in [5.74, 6) is -0.697. The molecule has 1 aliphatic heterocycles. The number of nitrogens with zero attached hydrogens (tertiary/aromatic N) is 2. The number of rotatable bonds is 5.